The average molecular weight is 588 g/mol. The van der Waals surface area contributed by atoms with Crippen molar-refractivity contribution in [2.45, 2.75) is 0 Å². The first kappa shape index (κ1) is 25.0. The van der Waals surface area contributed by atoms with Gasteiger partial charge in [-0.3, -0.25) is 4.57 Å². The van der Waals surface area contributed by atoms with E-state index >= 15 is 0 Å². The minimum Gasteiger partial charge on any atom is -0.308 e. The SMILES string of the molecule is c1ccc(-c2nc(-c3ccccc3)nc(-n3c4ccccc4c4c3ccc3cc5c6ccccc6c6ccccc6n5c34)n2)cc1. The van der Waals surface area contributed by atoms with Gasteiger partial charge in [-0.2, -0.15) is 9.97 Å². The molecule has 5 nitrogen and oxygen atoms in total. The molecule has 0 amide bonds. The average Bonchev–Trinajstić information content (AvgIpc) is 3.69. The molecule has 10 rings (SSSR count). The zero-order chi connectivity index (χ0) is 30.2. The van der Waals surface area contributed by atoms with Gasteiger partial charge in [0, 0.05) is 38.1 Å². The number of para-hydroxylation sites is 2. The zero-order valence-electron chi connectivity index (χ0n) is 24.7. The monoisotopic (exact) mass is 587 g/mol. The fourth-order valence-corrected chi connectivity index (χ4v) is 7.15. The van der Waals surface area contributed by atoms with Crippen molar-refractivity contribution in [2.75, 3.05) is 0 Å². The quantitative estimate of drug-likeness (QED) is 0.193. The Labute approximate surface area is 263 Å². The van der Waals surface area contributed by atoms with Crippen molar-refractivity contribution in [3.63, 3.8) is 0 Å². The molecule has 4 aromatic heterocycles. The summed E-state index contributed by atoms with van der Waals surface area (Å²) in [4.78, 5) is 15.2. The molecule has 5 heteroatoms. The van der Waals surface area contributed by atoms with Crippen molar-refractivity contribution in [3.8, 4) is 28.7 Å². The van der Waals surface area contributed by atoms with Crippen LogP contribution in [0.15, 0.2) is 152 Å². The number of rotatable bonds is 3. The molecule has 0 bridgehead atoms. The smallest absolute Gasteiger partial charge is 0.238 e. The van der Waals surface area contributed by atoms with Gasteiger partial charge in [-0.15, -0.1) is 0 Å². The number of fused-ring (bicyclic) bond motifs is 12. The van der Waals surface area contributed by atoms with Crippen LogP contribution in [0.1, 0.15) is 0 Å². The van der Waals surface area contributed by atoms with Crippen LogP contribution in [-0.2, 0) is 0 Å². The van der Waals surface area contributed by atoms with Gasteiger partial charge in [0.2, 0.25) is 5.95 Å². The van der Waals surface area contributed by atoms with Gasteiger partial charge in [0.25, 0.3) is 0 Å². The summed E-state index contributed by atoms with van der Waals surface area (Å²) in [5.74, 6) is 1.87. The van der Waals surface area contributed by atoms with Gasteiger partial charge in [0.15, 0.2) is 11.6 Å². The first-order chi connectivity index (χ1) is 22.8. The van der Waals surface area contributed by atoms with Gasteiger partial charge in [-0.1, -0.05) is 127 Å². The van der Waals surface area contributed by atoms with E-state index in [1.165, 1.54) is 43.5 Å². The maximum atomic E-state index is 5.13. The van der Waals surface area contributed by atoms with E-state index in [1.807, 2.05) is 60.7 Å². The predicted molar refractivity (Wildman–Crippen MR) is 189 cm³/mol. The lowest BCUT2D eigenvalue weighted by atomic mass is 10.1. The highest BCUT2D eigenvalue weighted by Gasteiger charge is 2.21. The lowest BCUT2D eigenvalue weighted by Crippen LogP contribution is -2.06. The Morgan fingerprint density at radius 1 is 0.391 bits per heavy atom. The summed E-state index contributed by atoms with van der Waals surface area (Å²) in [5.41, 5.74) is 7.57. The van der Waals surface area contributed by atoms with Crippen LogP contribution in [-0.4, -0.2) is 23.9 Å². The second-order valence-corrected chi connectivity index (χ2v) is 11.7. The summed E-state index contributed by atoms with van der Waals surface area (Å²) >= 11 is 0. The third-order valence-corrected chi connectivity index (χ3v) is 9.12. The summed E-state index contributed by atoms with van der Waals surface area (Å²) < 4.78 is 4.65. The number of hydrogen-bond donors (Lipinski definition) is 0. The van der Waals surface area contributed by atoms with E-state index in [9.17, 15) is 0 Å². The fraction of sp³-hybridized carbons (Fsp3) is 0. The number of hydrogen-bond acceptors (Lipinski definition) is 3. The first-order valence-electron chi connectivity index (χ1n) is 15.5. The number of pyridine rings is 1. The van der Waals surface area contributed by atoms with Crippen molar-refractivity contribution >= 4 is 59.9 Å². The van der Waals surface area contributed by atoms with Crippen LogP contribution in [0.5, 0.6) is 0 Å². The second-order valence-electron chi connectivity index (χ2n) is 11.7. The van der Waals surface area contributed by atoms with E-state index in [0.717, 1.165) is 27.5 Å². The van der Waals surface area contributed by atoms with Gasteiger partial charge in [0.05, 0.1) is 27.6 Å². The highest BCUT2D eigenvalue weighted by Crippen LogP contribution is 2.41. The molecule has 0 spiro atoms. The molecule has 4 heterocycles. The molecular weight excluding hydrogens is 562 g/mol. The second kappa shape index (κ2) is 9.58. The highest BCUT2D eigenvalue weighted by molar-refractivity contribution is 6.24. The molecule has 10 aromatic rings. The Balaban J connectivity index is 1.37. The summed E-state index contributed by atoms with van der Waals surface area (Å²) in [6.45, 7) is 0. The van der Waals surface area contributed by atoms with E-state index in [-0.39, 0.29) is 0 Å². The van der Waals surface area contributed by atoms with Crippen molar-refractivity contribution in [2.24, 2.45) is 0 Å². The van der Waals surface area contributed by atoms with Crippen molar-refractivity contribution in [1.29, 1.82) is 0 Å². The minimum atomic E-state index is 0.592. The molecule has 6 aromatic carbocycles. The molecule has 214 valence electrons. The van der Waals surface area contributed by atoms with Gasteiger partial charge in [-0.05, 0) is 29.7 Å². The minimum absolute atomic E-state index is 0.592. The molecule has 0 N–H and O–H groups in total. The molecule has 0 radical (unpaired) electrons. The van der Waals surface area contributed by atoms with Crippen LogP contribution in [0.2, 0.25) is 0 Å². The van der Waals surface area contributed by atoms with E-state index in [0.29, 0.717) is 17.6 Å². The Hall–Kier alpha value is -6.33. The maximum absolute atomic E-state index is 5.13. The Bertz CT molecular complexity index is 2740. The molecule has 0 aliphatic carbocycles. The predicted octanol–water partition coefficient (Wildman–Crippen LogP) is 10.0. The van der Waals surface area contributed by atoms with E-state index in [2.05, 4.69) is 100.0 Å². The van der Waals surface area contributed by atoms with Crippen molar-refractivity contribution in [3.05, 3.63) is 152 Å². The molecule has 46 heavy (non-hydrogen) atoms. The van der Waals surface area contributed by atoms with Crippen LogP contribution >= 0.6 is 0 Å². The highest BCUT2D eigenvalue weighted by atomic mass is 15.2. The first-order valence-corrected chi connectivity index (χ1v) is 15.5. The van der Waals surface area contributed by atoms with Gasteiger partial charge >= 0.3 is 0 Å². The van der Waals surface area contributed by atoms with Gasteiger partial charge in [-0.25, -0.2) is 4.98 Å². The third kappa shape index (κ3) is 3.54. The van der Waals surface area contributed by atoms with Gasteiger partial charge < -0.3 is 4.40 Å². The van der Waals surface area contributed by atoms with Crippen LogP contribution < -0.4 is 0 Å². The van der Waals surface area contributed by atoms with E-state index in [1.54, 1.807) is 0 Å². The van der Waals surface area contributed by atoms with Crippen molar-refractivity contribution < 1.29 is 0 Å². The summed E-state index contributed by atoms with van der Waals surface area (Å²) in [6, 6.07) is 53.1. The molecule has 0 aliphatic rings. The summed E-state index contributed by atoms with van der Waals surface area (Å²) in [5, 5.41) is 7.27. The Morgan fingerprint density at radius 2 is 0.935 bits per heavy atom. The molecule has 0 aliphatic heterocycles. The van der Waals surface area contributed by atoms with Gasteiger partial charge in [0.1, 0.15) is 0 Å². The summed E-state index contributed by atoms with van der Waals surface area (Å²) in [7, 11) is 0. The Kier molecular flexibility index (Phi) is 5.22. The number of nitrogens with zero attached hydrogens (tertiary/aromatic N) is 5. The maximum Gasteiger partial charge on any atom is 0.238 e. The molecule has 0 saturated carbocycles. The lowest BCUT2D eigenvalue weighted by Gasteiger charge is -2.11. The molecule has 0 unspecified atom stereocenters. The largest absolute Gasteiger partial charge is 0.308 e. The number of aromatic nitrogens is 5. The topological polar surface area (TPSA) is 48.0 Å². The summed E-state index contributed by atoms with van der Waals surface area (Å²) in [6.07, 6.45) is 0. The molecule has 0 saturated heterocycles. The van der Waals surface area contributed by atoms with E-state index in [4.69, 9.17) is 15.0 Å². The van der Waals surface area contributed by atoms with E-state index < -0.39 is 0 Å². The van der Waals surface area contributed by atoms with Crippen LogP contribution in [0.25, 0.3) is 88.6 Å². The lowest BCUT2D eigenvalue weighted by molar-refractivity contribution is 0.953. The van der Waals surface area contributed by atoms with Crippen LogP contribution in [0.4, 0.5) is 0 Å². The van der Waals surface area contributed by atoms with Crippen molar-refractivity contribution in [1.82, 2.24) is 23.9 Å². The standard InChI is InChI=1S/C41H25N5/c1-3-13-26(14-4-1)39-42-40(27-15-5-2-6-16-27)44-41(43-39)46-34-22-12-10-20-32(34)37-35(46)24-23-28-25-36-31-19-8-7-17-29(31)30-18-9-11-21-33(30)45(36)38(28)37/h1-25H. The molecular formula is C41H25N5. The Morgan fingerprint density at radius 3 is 1.61 bits per heavy atom. The third-order valence-electron chi connectivity index (χ3n) is 9.12. The molecule has 0 atom stereocenters. The zero-order valence-corrected chi connectivity index (χ0v) is 24.7. The number of benzene rings is 6. The fourth-order valence-electron chi connectivity index (χ4n) is 7.15. The van der Waals surface area contributed by atoms with Crippen LogP contribution in [0.3, 0.4) is 0 Å². The normalized spacial score (nSPS) is 11.9. The van der Waals surface area contributed by atoms with Crippen LogP contribution in [0, 0.1) is 0 Å². The molecule has 0 fully saturated rings.